The maximum Gasteiger partial charge on any atom is 0.269 e. The van der Waals surface area contributed by atoms with Crippen LogP contribution in [0.25, 0.3) is 10.8 Å². The van der Waals surface area contributed by atoms with E-state index in [1.807, 2.05) is 42.5 Å². The Morgan fingerprint density at radius 2 is 1.65 bits per heavy atom. The molecule has 0 unspecified atom stereocenters. The Hall–Kier alpha value is -3.21. The fraction of sp³-hybridized carbons (Fsp3) is 0.0556. The van der Waals surface area contributed by atoms with Gasteiger partial charge < -0.3 is 5.32 Å². The van der Waals surface area contributed by atoms with Crippen LogP contribution in [0.2, 0.25) is 0 Å². The largest absolute Gasteiger partial charge is 0.326 e. The molecule has 0 heterocycles. The second-order valence-corrected chi connectivity index (χ2v) is 5.17. The zero-order chi connectivity index (χ0) is 16.2. The number of rotatable bonds is 4. The molecule has 0 atom stereocenters. The Kier molecular flexibility index (Phi) is 4.01. The predicted octanol–water partition coefficient (Wildman–Crippen LogP) is 3.93. The molecule has 1 amide bonds. The minimum Gasteiger partial charge on any atom is -0.326 e. The maximum atomic E-state index is 12.2. The van der Waals surface area contributed by atoms with Gasteiger partial charge in [-0.15, -0.1) is 0 Å². The van der Waals surface area contributed by atoms with Crippen molar-refractivity contribution in [2.45, 2.75) is 6.42 Å². The summed E-state index contributed by atoms with van der Waals surface area (Å²) in [7, 11) is 0. The van der Waals surface area contributed by atoms with Gasteiger partial charge in [0.25, 0.3) is 5.69 Å². The van der Waals surface area contributed by atoms with Crippen LogP contribution in [0.5, 0.6) is 0 Å². The van der Waals surface area contributed by atoms with Crippen LogP contribution in [0.15, 0.2) is 66.7 Å². The van der Waals surface area contributed by atoms with E-state index in [0.29, 0.717) is 5.69 Å². The first-order chi connectivity index (χ1) is 11.1. The third-order valence-corrected chi connectivity index (χ3v) is 3.59. The molecule has 3 rings (SSSR count). The van der Waals surface area contributed by atoms with Crippen LogP contribution in [0.4, 0.5) is 11.4 Å². The van der Waals surface area contributed by atoms with Crippen molar-refractivity contribution in [1.29, 1.82) is 0 Å². The van der Waals surface area contributed by atoms with Crippen molar-refractivity contribution in [3.63, 3.8) is 0 Å². The van der Waals surface area contributed by atoms with Crippen LogP contribution >= 0.6 is 0 Å². The van der Waals surface area contributed by atoms with Crippen molar-refractivity contribution in [2.75, 3.05) is 5.32 Å². The number of hydrogen-bond acceptors (Lipinski definition) is 3. The minimum absolute atomic E-state index is 0.00273. The number of nitro groups is 1. The molecule has 3 aromatic carbocycles. The Bertz CT molecular complexity index is 868. The highest BCUT2D eigenvalue weighted by Gasteiger charge is 2.09. The number of amides is 1. The summed E-state index contributed by atoms with van der Waals surface area (Å²) in [6.07, 6.45) is 0.248. The maximum absolute atomic E-state index is 12.2. The standard InChI is InChI=1S/C18H14N2O3/c21-18(19-15-8-10-16(11-9-15)20(22)23)12-14-6-3-5-13-4-1-2-7-17(13)14/h1-11H,12H2,(H,19,21). The van der Waals surface area contributed by atoms with E-state index in [9.17, 15) is 14.9 Å². The number of carbonyl (C=O) groups is 1. The van der Waals surface area contributed by atoms with E-state index in [0.717, 1.165) is 16.3 Å². The molecule has 5 heteroatoms. The monoisotopic (exact) mass is 306 g/mol. The van der Waals surface area contributed by atoms with Crippen LogP contribution < -0.4 is 5.32 Å². The average molecular weight is 306 g/mol. The molecular formula is C18H14N2O3. The smallest absolute Gasteiger partial charge is 0.269 e. The molecule has 0 aliphatic heterocycles. The molecule has 0 aliphatic rings. The van der Waals surface area contributed by atoms with Gasteiger partial charge in [0.15, 0.2) is 0 Å². The zero-order valence-electron chi connectivity index (χ0n) is 12.2. The van der Waals surface area contributed by atoms with E-state index in [1.165, 1.54) is 24.3 Å². The fourth-order valence-corrected chi connectivity index (χ4v) is 2.49. The number of carbonyl (C=O) groups excluding carboxylic acids is 1. The van der Waals surface area contributed by atoms with E-state index in [1.54, 1.807) is 0 Å². The van der Waals surface area contributed by atoms with Gasteiger partial charge in [0.1, 0.15) is 0 Å². The summed E-state index contributed by atoms with van der Waals surface area (Å²) in [5.41, 5.74) is 1.49. The molecular weight excluding hydrogens is 292 g/mol. The molecule has 114 valence electrons. The molecule has 5 nitrogen and oxygen atoms in total. The van der Waals surface area contributed by atoms with Crippen molar-refractivity contribution in [3.8, 4) is 0 Å². The predicted molar refractivity (Wildman–Crippen MR) is 89.4 cm³/mol. The van der Waals surface area contributed by atoms with Crippen molar-refractivity contribution in [1.82, 2.24) is 0 Å². The van der Waals surface area contributed by atoms with Crippen LogP contribution in [0.3, 0.4) is 0 Å². The quantitative estimate of drug-likeness (QED) is 0.586. The van der Waals surface area contributed by atoms with Gasteiger partial charge in [0.2, 0.25) is 5.91 Å². The molecule has 0 radical (unpaired) electrons. The number of nitrogens with zero attached hydrogens (tertiary/aromatic N) is 1. The molecule has 0 fully saturated rings. The van der Waals surface area contributed by atoms with E-state index in [2.05, 4.69) is 5.32 Å². The van der Waals surface area contributed by atoms with Gasteiger partial charge in [-0.3, -0.25) is 14.9 Å². The first kappa shape index (κ1) is 14.7. The third kappa shape index (κ3) is 3.35. The zero-order valence-corrected chi connectivity index (χ0v) is 12.2. The van der Waals surface area contributed by atoms with Gasteiger partial charge in [-0.2, -0.15) is 0 Å². The van der Waals surface area contributed by atoms with E-state index >= 15 is 0 Å². The van der Waals surface area contributed by atoms with E-state index < -0.39 is 4.92 Å². The van der Waals surface area contributed by atoms with Gasteiger partial charge in [-0.25, -0.2) is 0 Å². The lowest BCUT2D eigenvalue weighted by atomic mass is 10.0. The molecule has 0 spiro atoms. The molecule has 0 saturated heterocycles. The molecule has 23 heavy (non-hydrogen) atoms. The fourth-order valence-electron chi connectivity index (χ4n) is 2.49. The lowest BCUT2D eigenvalue weighted by Crippen LogP contribution is -2.14. The highest BCUT2D eigenvalue weighted by Crippen LogP contribution is 2.20. The van der Waals surface area contributed by atoms with Crippen molar-refractivity contribution in [3.05, 3.63) is 82.4 Å². The SMILES string of the molecule is O=C(Cc1cccc2ccccc12)Nc1ccc([N+](=O)[O-])cc1. The summed E-state index contributed by atoms with van der Waals surface area (Å²) in [4.78, 5) is 22.3. The Labute approximate surface area is 132 Å². The molecule has 0 bridgehead atoms. The Morgan fingerprint density at radius 1 is 0.957 bits per heavy atom. The topological polar surface area (TPSA) is 72.2 Å². The van der Waals surface area contributed by atoms with Gasteiger partial charge in [0, 0.05) is 17.8 Å². The summed E-state index contributed by atoms with van der Waals surface area (Å²) in [6, 6.07) is 19.6. The number of nitro benzene ring substituents is 1. The van der Waals surface area contributed by atoms with Crippen molar-refractivity contribution in [2.24, 2.45) is 0 Å². The number of hydrogen-bond donors (Lipinski definition) is 1. The Balaban J connectivity index is 1.75. The number of nitrogens with one attached hydrogen (secondary N) is 1. The van der Waals surface area contributed by atoms with E-state index in [-0.39, 0.29) is 18.0 Å². The number of fused-ring (bicyclic) bond motifs is 1. The number of benzene rings is 3. The summed E-state index contributed by atoms with van der Waals surface area (Å²) in [5.74, 6) is -0.157. The van der Waals surface area contributed by atoms with Crippen LogP contribution in [-0.4, -0.2) is 10.8 Å². The van der Waals surface area contributed by atoms with Gasteiger partial charge >= 0.3 is 0 Å². The lowest BCUT2D eigenvalue weighted by molar-refractivity contribution is -0.384. The molecule has 3 aromatic rings. The summed E-state index contributed by atoms with van der Waals surface area (Å²) < 4.78 is 0. The summed E-state index contributed by atoms with van der Waals surface area (Å²) >= 11 is 0. The van der Waals surface area contributed by atoms with Gasteiger partial charge in [-0.1, -0.05) is 42.5 Å². The first-order valence-corrected chi connectivity index (χ1v) is 7.14. The molecule has 1 N–H and O–H groups in total. The summed E-state index contributed by atoms with van der Waals surface area (Å²) in [5, 5.41) is 15.5. The number of non-ortho nitro benzene ring substituents is 1. The van der Waals surface area contributed by atoms with Crippen LogP contribution in [-0.2, 0) is 11.2 Å². The normalized spacial score (nSPS) is 10.4. The third-order valence-electron chi connectivity index (χ3n) is 3.59. The highest BCUT2D eigenvalue weighted by molar-refractivity contribution is 5.96. The summed E-state index contributed by atoms with van der Waals surface area (Å²) in [6.45, 7) is 0. The van der Waals surface area contributed by atoms with Crippen LogP contribution in [0.1, 0.15) is 5.56 Å². The highest BCUT2D eigenvalue weighted by atomic mass is 16.6. The second-order valence-electron chi connectivity index (χ2n) is 5.17. The van der Waals surface area contributed by atoms with Gasteiger partial charge in [0.05, 0.1) is 11.3 Å². The van der Waals surface area contributed by atoms with E-state index in [4.69, 9.17) is 0 Å². The average Bonchev–Trinajstić information content (AvgIpc) is 2.55. The molecule has 0 aliphatic carbocycles. The van der Waals surface area contributed by atoms with Gasteiger partial charge in [-0.05, 0) is 28.5 Å². The number of anilines is 1. The molecule has 0 saturated carbocycles. The van der Waals surface area contributed by atoms with Crippen LogP contribution in [0, 0.1) is 10.1 Å². The molecule has 0 aromatic heterocycles. The Morgan fingerprint density at radius 3 is 2.39 bits per heavy atom. The van der Waals surface area contributed by atoms with Crippen molar-refractivity contribution < 1.29 is 9.72 Å². The lowest BCUT2D eigenvalue weighted by Gasteiger charge is -2.08. The minimum atomic E-state index is -0.471. The van der Waals surface area contributed by atoms with Crippen molar-refractivity contribution >= 4 is 28.1 Å². The second kappa shape index (κ2) is 6.27. The first-order valence-electron chi connectivity index (χ1n) is 7.14.